The molecule has 202 valence electrons. The van der Waals surface area contributed by atoms with E-state index in [1.807, 2.05) is 36.4 Å². The number of carbonyl (C=O) groups is 2. The third-order valence-corrected chi connectivity index (χ3v) is 5.97. The molecule has 0 saturated heterocycles. The maximum atomic E-state index is 13.2. The van der Waals surface area contributed by atoms with Crippen LogP contribution >= 0.6 is 0 Å². The Bertz CT molecular complexity index is 974. The first-order valence-corrected chi connectivity index (χ1v) is 12.7. The number of fused-ring (bicyclic) bond motifs is 1. The van der Waals surface area contributed by atoms with Crippen LogP contribution in [0.5, 0.6) is 5.75 Å². The van der Waals surface area contributed by atoms with Crippen LogP contribution in [-0.4, -0.2) is 84.7 Å². The molecule has 0 fully saturated rings. The first-order chi connectivity index (χ1) is 18.1. The average molecular weight is 516 g/mol. The maximum Gasteiger partial charge on any atom is 0.304 e. The third-order valence-electron chi connectivity index (χ3n) is 5.97. The Hall–Kier alpha value is -3.21. The first-order valence-electron chi connectivity index (χ1n) is 12.7. The molecule has 1 aliphatic heterocycles. The summed E-state index contributed by atoms with van der Waals surface area (Å²) in [6.07, 6.45) is 3.36. The number of rotatable bonds is 17. The number of nitrogens with zero attached hydrogens (tertiary/aromatic N) is 2. The largest absolute Gasteiger partial charge is 0.494 e. The number of benzene rings is 1. The zero-order valence-electron chi connectivity index (χ0n) is 21.1. The van der Waals surface area contributed by atoms with Crippen molar-refractivity contribution >= 4 is 17.7 Å². The van der Waals surface area contributed by atoms with Crippen molar-refractivity contribution in [1.82, 2.24) is 9.88 Å². The lowest BCUT2D eigenvalue weighted by molar-refractivity contribution is -0.144. The number of aliphatic hydroxyl groups is 1. The quantitative estimate of drug-likeness (QED) is 0.272. The van der Waals surface area contributed by atoms with Crippen LogP contribution < -0.4 is 10.1 Å². The van der Waals surface area contributed by atoms with Crippen molar-refractivity contribution in [2.75, 3.05) is 58.0 Å². The number of carboxylic acid groups (broad SMARTS) is 1. The lowest BCUT2D eigenvalue weighted by Gasteiger charge is -2.24. The molecule has 0 saturated carbocycles. The average Bonchev–Trinajstić information content (AvgIpc) is 3.02. The lowest BCUT2D eigenvalue weighted by atomic mass is 9.94. The van der Waals surface area contributed by atoms with E-state index < -0.39 is 11.9 Å². The van der Waals surface area contributed by atoms with Crippen molar-refractivity contribution in [3.8, 4) is 5.75 Å². The fraction of sp³-hybridized carbons (Fsp3) is 0.519. The van der Waals surface area contributed by atoms with Crippen LogP contribution in [0.3, 0.4) is 0 Å². The molecule has 3 rings (SSSR count). The van der Waals surface area contributed by atoms with Crippen LogP contribution in [-0.2, 0) is 32.0 Å². The van der Waals surface area contributed by atoms with Gasteiger partial charge in [-0.05, 0) is 54.7 Å². The molecule has 0 spiro atoms. The highest BCUT2D eigenvalue weighted by molar-refractivity contribution is 5.84. The SMILES string of the molecule is O=C(O)C[C@H]1Cc2ccc(OCCCNc3ccccn3)cc2CN(CCCOCCOCCO)C1=O. The van der Waals surface area contributed by atoms with Gasteiger partial charge in [0.05, 0.1) is 45.4 Å². The van der Waals surface area contributed by atoms with Crippen molar-refractivity contribution in [2.24, 2.45) is 5.92 Å². The number of ether oxygens (including phenoxy) is 3. The molecule has 10 nitrogen and oxygen atoms in total. The number of amides is 1. The summed E-state index contributed by atoms with van der Waals surface area (Å²) in [6, 6.07) is 11.5. The van der Waals surface area contributed by atoms with Crippen molar-refractivity contribution in [1.29, 1.82) is 0 Å². The van der Waals surface area contributed by atoms with E-state index >= 15 is 0 Å². The smallest absolute Gasteiger partial charge is 0.304 e. The molecule has 10 heteroatoms. The number of aliphatic carboxylic acids is 1. The molecule has 0 radical (unpaired) electrons. The highest BCUT2D eigenvalue weighted by Gasteiger charge is 2.31. The summed E-state index contributed by atoms with van der Waals surface area (Å²) in [7, 11) is 0. The fourth-order valence-electron chi connectivity index (χ4n) is 4.18. The van der Waals surface area contributed by atoms with E-state index in [0.29, 0.717) is 52.4 Å². The Morgan fingerprint density at radius 2 is 1.89 bits per heavy atom. The molecule has 1 atom stereocenters. The molecule has 0 aliphatic carbocycles. The van der Waals surface area contributed by atoms with Crippen LogP contribution in [0.15, 0.2) is 42.6 Å². The van der Waals surface area contributed by atoms with Gasteiger partial charge in [-0.3, -0.25) is 9.59 Å². The molecular formula is C27H37N3O7. The molecule has 1 aromatic carbocycles. The standard InChI is InChI=1S/C27H37N3O7/c31-11-14-36-16-15-35-12-4-10-30-20-23-18-24(37-13-3-9-29-25-5-1-2-8-28-25)7-6-21(23)17-22(27(30)34)19-26(32)33/h1-2,5-8,18,22,31H,3-4,9-17,19-20H2,(H,28,29)(H,32,33)/t22-/m1/s1. The van der Waals surface area contributed by atoms with Gasteiger partial charge in [0, 0.05) is 32.4 Å². The van der Waals surface area contributed by atoms with E-state index in [2.05, 4.69) is 10.3 Å². The van der Waals surface area contributed by atoms with Crippen molar-refractivity contribution in [3.63, 3.8) is 0 Å². The van der Waals surface area contributed by atoms with E-state index in [-0.39, 0.29) is 25.5 Å². The van der Waals surface area contributed by atoms with Gasteiger partial charge in [-0.2, -0.15) is 0 Å². The number of carboxylic acids is 1. The molecule has 2 heterocycles. The summed E-state index contributed by atoms with van der Waals surface area (Å²) in [6.45, 7) is 3.67. The van der Waals surface area contributed by atoms with Crippen molar-refractivity contribution < 1.29 is 34.0 Å². The van der Waals surface area contributed by atoms with Crippen LogP contribution in [0, 0.1) is 5.92 Å². The van der Waals surface area contributed by atoms with Gasteiger partial charge in [0.15, 0.2) is 0 Å². The molecule has 37 heavy (non-hydrogen) atoms. The predicted octanol–water partition coefficient (Wildman–Crippen LogP) is 2.35. The Labute approximate surface area is 217 Å². The minimum Gasteiger partial charge on any atom is -0.494 e. The van der Waals surface area contributed by atoms with E-state index in [0.717, 1.165) is 35.7 Å². The number of hydrogen-bond donors (Lipinski definition) is 3. The first kappa shape index (κ1) is 28.4. The second-order valence-electron chi connectivity index (χ2n) is 8.83. The van der Waals surface area contributed by atoms with Crippen LogP contribution in [0.25, 0.3) is 0 Å². The number of carbonyl (C=O) groups excluding carboxylic acids is 1. The Balaban J connectivity index is 1.53. The Morgan fingerprint density at radius 1 is 1.05 bits per heavy atom. The number of pyridine rings is 1. The second kappa shape index (κ2) is 15.8. The Morgan fingerprint density at radius 3 is 2.65 bits per heavy atom. The number of anilines is 1. The van der Waals surface area contributed by atoms with E-state index in [1.165, 1.54) is 0 Å². The van der Waals surface area contributed by atoms with Gasteiger partial charge < -0.3 is 34.6 Å². The molecule has 2 aromatic rings. The zero-order valence-corrected chi connectivity index (χ0v) is 21.1. The van der Waals surface area contributed by atoms with E-state index in [1.54, 1.807) is 11.1 Å². The van der Waals surface area contributed by atoms with Crippen LogP contribution in [0.1, 0.15) is 30.4 Å². The van der Waals surface area contributed by atoms with Gasteiger partial charge in [0.2, 0.25) is 5.91 Å². The van der Waals surface area contributed by atoms with Gasteiger partial charge in [-0.15, -0.1) is 0 Å². The van der Waals surface area contributed by atoms with E-state index in [9.17, 15) is 14.7 Å². The minimum atomic E-state index is -0.979. The molecular weight excluding hydrogens is 478 g/mol. The lowest BCUT2D eigenvalue weighted by Crippen LogP contribution is -2.36. The summed E-state index contributed by atoms with van der Waals surface area (Å²) in [5.74, 6) is -0.170. The zero-order chi connectivity index (χ0) is 26.3. The third kappa shape index (κ3) is 9.99. The molecule has 1 aromatic heterocycles. The molecule has 3 N–H and O–H groups in total. The van der Waals surface area contributed by atoms with Gasteiger partial charge in [-0.1, -0.05) is 12.1 Å². The second-order valence-corrected chi connectivity index (χ2v) is 8.83. The van der Waals surface area contributed by atoms with Crippen LogP contribution in [0.2, 0.25) is 0 Å². The summed E-state index contributed by atoms with van der Waals surface area (Å²) >= 11 is 0. The van der Waals surface area contributed by atoms with Gasteiger partial charge in [0.1, 0.15) is 11.6 Å². The summed E-state index contributed by atoms with van der Waals surface area (Å²) in [5, 5.41) is 21.3. The predicted molar refractivity (Wildman–Crippen MR) is 137 cm³/mol. The summed E-state index contributed by atoms with van der Waals surface area (Å²) in [5.41, 5.74) is 1.95. The number of nitrogens with one attached hydrogen (secondary N) is 1. The highest BCUT2D eigenvalue weighted by atomic mass is 16.5. The van der Waals surface area contributed by atoms with Gasteiger partial charge in [-0.25, -0.2) is 4.98 Å². The van der Waals surface area contributed by atoms with Crippen LogP contribution in [0.4, 0.5) is 5.82 Å². The highest BCUT2D eigenvalue weighted by Crippen LogP contribution is 2.28. The van der Waals surface area contributed by atoms with Crippen molar-refractivity contribution in [2.45, 2.75) is 32.2 Å². The molecule has 0 unspecified atom stereocenters. The fourth-order valence-corrected chi connectivity index (χ4v) is 4.18. The molecule has 1 amide bonds. The monoisotopic (exact) mass is 515 g/mol. The van der Waals surface area contributed by atoms with Gasteiger partial charge in [0.25, 0.3) is 0 Å². The number of aliphatic hydroxyl groups excluding tert-OH is 1. The Kier molecular flexibility index (Phi) is 12.1. The normalized spacial score (nSPS) is 15.2. The van der Waals surface area contributed by atoms with Crippen molar-refractivity contribution in [3.05, 3.63) is 53.7 Å². The van der Waals surface area contributed by atoms with Gasteiger partial charge >= 0.3 is 5.97 Å². The van der Waals surface area contributed by atoms with E-state index in [4.69, 9.17) is 19.3 Å². The molecule has 0 bridgehead atoms. The minimum absolute atomic E-state index is 0.0218. The number of hydrogen-bond acceptors (Lipinski definition) is 8. The summed E-state index contributed by atoms with van der Waals surface area (Å²) < 4.78 is 16.7. The maximum absolute atomic E-state index is 13.2. The molecule has 1 aliphatic rings. The number of aromatic nitrogens is 1. The summed E-state index contributed by atoms with van der Waals surface area (Å²) in [4.78, 5) is 30.5. The topological polar surface area (TPSA) is 130 Å².